The number of halogens is 5. The fraction of sp³-hybridized carbons (Fsp3) is 0.500. The topological polar surface area (TPSA) is 103 Å². The van der Waals surface area contributed by atoms with Crippen LogP contribution < -0.4 is 5.32 Å². The molecule has 4 rings (SSSR count). The number of urea groups is 1. The van der Waals surface area contributed by atoms with Gasteiger partial charge in [0, 0.05) is 30.6 Å². The van der Waals surface area contributed by atoms with E-state index in [1.54, 1.807) is 6.07 Å². The molecule has 0 fully saturated rings. The predicted molar refractivity (Wildman–Crippen MR) is 111 cm³/mol. The van der Waals surface area contributed by atoms with E-state index in [0.717, 1.165) is 10.7 Å². The third kappa shape index (κ3) is 5.23. The summed E-state index contributed by atoms with van der Waals surface area (Å²) >= 11 is 0. The number of alkyl halides is 4. The Morgan fingerprint density at radius 1 is 1.34 bits per heavy atom. The fourth-order valence-corrected chi connectivity index (χ4v) is 4.34. The quantitative estimate of drug-likeness (QED) is 0.614. The van der Waals surface area contributed by atoms with E-state index >= 15 is 8.78 Å². The molecule has 8 nitrogen and oxygen atoms in total. The van der Waals surface area contributed by atoms with E-state index < -0.39 is 61.5 Å². The summed E-state index contributed by atoms with van der Waals surface area (Å²) in [6, 6.07) is 4.53. The molecule has 2 amide bonds. The van der Waals surface area contributed by atoms with Gasteiger partial charge in [-0.3, -0.25) is 4.68 Å². The number of nitriles is 1. The number of carbonyl (C=O) groups excluding carboxylic acids is 1. The number of fused-ring (bicyclic) bond motifs is 3. The molecule has 2 aromatic rings. The monoisotopic (exact) mass is 499 g/mol. The van der Waals surface area contributed by atoms with Gasteiger partial charge in [-0.15, -0.1) is 0 Å². The Morgan fingerprint density at radius 3 is 2.83 bits per heavy atom. The molecule has 1 unspecified atom stereocenters. The molecule has 0 radical (unpaired) electrons. The summed E-state index contributed by atoms with van der Waals surface area (Å²) in [5.74, 6) is -4.12. The highest BCUT2D eigenvalue weighted by Gasteiger charge is 2.47. The van der Waals surface area contributed by atoms with Crippen molar-refractivity contribution in [1.29, 1.82) is 5.26 Å². The van der Waals surface area contributed by atoms with Crippen LogP contribution in [0.4, 0.5) is 32.4 Å². The zero-order valence-electron chi connectivity index (χ0n) is 18.4. The van der Waals surface area contributed by atoms with Gasteiger partial charge in [0.05, 0.1) is 31.0 Å². The maximum atomic E-state index is 15.2. The zero-order chi connectivity index (χ0) is 25.4. The highest BCUT2D eigenvalue weighted by atomic mass is 19.3. The molecule has 3 heterocycles. The van der Waals surface area contributed by atoms with Crippen LogP contribution in [0.1, 0.15) is 35.4 Å². The molecule has 1 aromatic carbocycles. The largest absolute Gasteiger partial charge is 0.386 e. The summed E-state index contributed by atoms with van der Waals surface area (Å²) in [7, 11) is 0. The van der Waals surface area contributed by atoms with Gasteiger partial charge in [-0.05, 0) is 24.6 Å². The molecule has 0 saturated heterocycles. The van der Waals surface area contributed by atoms with Gasteiger partial charge in [0.2, 0.25) is 0 Å². The normalized spacial score (nSPS) is 21.1. The third-order valence-electron chi connectivity index (χ3n) is 6.04. The van der Waals surface area contributed by atoms with E-state index in [1.165, 1.54) is 17.0 Å². The molecule has 188 valence electrons. The molecule has 0 saturated carbocycles. The lowest BCUT2D eigenvalue weighted by molar-refractivity contribution is -0.0926. The van der Waals surface area contributed by atoms with E-state index in [2.05, 4.69) is 10.4 Å². The van der Waals surface area contributed by atoms with Crippen LogP contribution >= 0.6 is 0 Å². The fourth-order valence-electron chi connectivity index (χ4n) is 4.34. The predicted octanol–water partition coefficient (Wildman–Crippen LogP) is 3.38. The van der Waals surface area contributed by atoms with E-state index in [4.69, 9.17) is 10.00 Å². The van der Waals surface area contributed by atoms with Crippen LogP contribution in [0, 0.1) is 17.1 Å². The second kappa shape index (κ2) is 9.43. The van der Waals surface area contributed by atoms with E-state index in [9.17, 15) is 23.1 Å². The Bertz CT molecular complexity index is 1170. The Morgan fingerprint density at radius 2 is 2.11 bits per heavy atom. The van der Waals surface area contributed by atoms with Crippen LogP contribution in [0.5, 0.6) is 0 Å². The van der Waals surface area contributed by atoms with Crippen LogP contribution in [-0.4, -0.2) is 57.6 Å². The zero-order valence-corrected chi connectivity index (χ0v) is 18.4. The second-order valence-electron chi connectivity index (χ2n) is 8.67. The van der Waals surface area contributed by atoms with Crippen molar-refractivity contribution >= 4 is 11.7 Å². The number of hydrogen-bond acceptors (Lipinski definition) is 5. The average molecular weight is 499 g/mol. The summed E-state index contributed by atoms with van der Waals surface area (Å²) in [6.45, 7) is -1.86. The van der Waals surface area contributed by atoms with Crippen molar-refractivity contribution in [2.24, 2.45) is 0 Å². The second-order valence-corrected chi connectivity index (χ2v) is 8.67. The first-order chi connectivity index (χ1) is 16.5. The van der Waals surface area contributed by atoms with Crippen molar-refractivity contribution in [3.8, 4) is 6.07 Å². The van der Waals surface area contributed by atoms with E-state index in [0.29, 0.717) is 5.69 Å². The van der Waals surface area contributed by atoms with Crippen LogP contribution in [0.3, 0.4) is 0 Å². The van der Waals surface area contributed by atoms with E-state index in [1.807, 2.05) is 0 Å². The standard InChI is InChI=1S/C22H22F5N5O3/c23-16-2-1-14(7-13(16)8-28)29-20(33)31-6-3-17-15(9-31)19-22(26,27)5-4-21(34,11-32(19)30-17)12-35-10-18(24)25/h1-2,7,18,34H,3-6,9-12H2,(H,29,33). The molecular formula is C22H22F5N5O3. The van der Waals surface area contributed by atoms with Crippen LogP contribution in [0.2, 0.25) is 0 Å². The molecule has 35 heavy (non-hydrogen) atoms. The average Bonchev–Trinajstić information content (AvgIpc) is 3.11. The Hall–Kier alpha value is -3.24. The van der Waals surface area contributed by atoms with Crippen molar-refractivity contribution in [1.82, 2.24) is 14.7 Å². The van der Waals surface area contributed by atoms with Crippen LogP contribution in [0.15, 0.2) is 18.2 Å². The highest BCUT2D eigenvalue weighted by molar-refractivity contribution is 5.89. The molecule has 13 heteroatoms. The molecule has 1 aromatic heterocycles. The molecule has 1 atom stereocenters. The van der Waals surface area contributed by atoms with Crippen molar-refractivity contribution in [2.75, 3.05) is 25.1 Å². The van der Waals surface area contributed by atoms with Crippen molar-refractivity contribution in [3.05, 3.63) is 46.5 Å². The van der Waals surface area contributed by atoms with Crippen LogP contribution in [-0.2, 0) is 30.2 Å². The first-order valence-corrected chi connectivity index (χ1v) is 10.8. The number of aliphatic hydroxyl groups is 1. The lowest BCUT2D eigenvalue weighted by atomic mass is 9.95. The number of rotatable bonds is 5. The maximum absolute atomic E-state index is 15.2. The van der Waals surface area contributed by atoms with Crippen molar-refractivity contribution in [2.45, 2.75) is 50.3 Å². The minimum Gasteiger partial charge on any atom is -0.386 e. The molecule has 0 bridgehead atoms. The SMILES string of the molecule is N#Cc1cc(NC(=O)N2CCc3nn4c(c3C2)C(F)(F)CCC(O)(COCC(F)F)C4)ccc1F. The van der Waals surface area contributed by atoms with Gasteiger partial charge < -0.3 is 20.1 Å². The number of carbonyl (C=O) groups is 1. The van der Waals surface area contributed by atoms with Gasteiger partial charge in [-0.2, -0.15) is 19.1 Å². The number of amides is 2. The summed E-state index contributed by atoms with van der Waals surface area (Å²) in [6.07, 6.45) is -3.72. The first-order valence-electron chi connectivity index (χ1n) is 10.8. The van der Waals surface area contributed by atoms with Gasteiger partial charge in [-0.25, -0.2) is 18.0 Å². The third-order valence-corrected chi connectivity index (χ3v) is 6.04. The van der Waals surface area contributed by atoms with Gasteiger partial charge >= 0.3 is 6.03 Å². The van der Waals surface area contributed by atoms with Crippen molar-refractivity contribution < 1.29 is 36.6 Å². The van der Waals surface area contributed by atoms with Gasteiger partial charge in [0.1, 0.15) is 29.8 Å². The van der Waals surface area contributed by atoms with Crippen LogP contribution in [0.25, 0.3) is 0 Å². The summed E-state index contributed by atoms with van der Waals surface area (Å²) in [5, 5.41) is 26.5. The number of hydrogen-bond donors (Lipinski definition) is 2. The highest BCUT2D eigenvalue weighted by Crippen LogP contribution is 2.42. The summed E-state index contributed by atoms with van der Waals surface area (Å²) in [4.78, 5) is 14.1. The number of nitrogens with zero attached hydrogens (tertiary/aromatic N) is 4. The Labute approximate surface area is 196 Å². The van der Waals surface area contributed by atoms with Gasteiger partial charge in [0.15, 0.2) is 0 Å². The molecular weight excluding hydrogens is 477 g/mol. The lowest BCUT2D eigenvalue weighted by Crippen LogP contribution is -2.39. The number of anilines is 1. The minimum atomic E-state index is -3.38. The Kier molecular flexibility index (Phi) is 6.70. The van der Waals surface area contributed by atoms with Crippen molar-refractivity contribution in [3.63, 3.8) is 0 Å². The number of nitrogens with one attached hydrogen (secondary N) is 1. The summed E-state index contributed by atoms with van der Waals surface area (Å²) in [5.41, 5.74) is -1.80. The smallest absolute Gasteiger partial charge is 0.322 e. The molecule has 0 aliphatic carbocycles. The number of benzene rings is 1. The van der Waals surface area contributed by atoms with Gasteiger partial charge in [0.25, 0.3) is 12.3 Å². The van der Waals surface area contributed by atoms with E-state index in [-0.39, 0.29) is 42.9 Å². The first kappa shape index (κ1) is 24.9. The summed E-state index contributed by atoms with van der Waals surface area (Å²) < 4.78 is 74.4. The molecule has 2 aliphatic heterocycles. The number of ether oxygens (including phenoxy) is 1. The molecule has 0 spiro atoms. The molecule has 2 aliphatic rings. The van der Waals surface area contributed by atoms with Gasteiger partial charge in [-0.1, -0.05) is 0 Å². The number of aromatic nitrogens is 2. The maximum Gasteiger partial charge on any atom is 0.322 e. The molecule has 2 N–H and O–H groups in total. The Balaban J connectivity index is 1.54. The minimum absolute atomic E-state index is 0.158. The lowest BCUT2D eigenvalue weighted by Gasteiger charge is -2.28.